The van der Waals surface area contributed by atoms with Crippen LogP contribution in [0, 0.1) is 0 Å². The largest absolute Gasteiger partial charge is 0.481 e. The van der Waals surface area contributed by atoms with E-state index in [2.05, 4.69) is 25.9 Å². The third-order valence-corrected chi connectivity index (χ3v) is 6.06. The molecule has 2 rings (SSSR count). The van der Waals surface area contributed by atoms with Crippen LogP contribution in [0.4, 0.5) is 0 Å². The molecule has 17 heteroatoms. The number of primary amides is 1. The smallest absolute Gasteiger partial charge is 0.326 e. The van der Waals surface area contributed by atoms with Crippen LogP contribution < -0.4 is 38.9 Å². The maximum Gasteiger partial charge on any atom is 0.326 e. The average molecular weight is 590 g/mol. The van der Waals surface area contributed by atoms with Crippen LogP contribution in [0.2, 0.25) is 0 Å². The lowest BCUT2D eigenvalue weighted by atomic mass is 10.0. The number of aromatic amines is 1. The van der Waals surface area contributed by atoms with E-state index in [1.54, 1.807) is 30.5 Å². The molecule has 1 heterocycles. The van der Waals surface area contributed by atoms with Crippen molar-refractivity contribution in [3.05, 3.63) is 36.0 Å². The number of aliphatic carboxylic acids is 2. The average Bonchev–Trinajstić information content (AvgIpc) is 3.31. The summed E-state index contributed by atoms with van der Waals surface area (Å²) in [4.78, 5) is 80.1. The lowest BCUT2D eigenvalue weighted by Gasteiger charge is -2.24. The van der Waals surface area contributed by atoms with Gasteiger partial charge in [0.1, 0.15) is 18.1 Å². The first-order valence-corrected chi connectivity index (χ1v) is 12.8. The monoisotopic (exact) mass is 589 g/mol. The zero-order chi connectivity index (χ0) is 31.4. The molecule has 14 N–H and O–H groups in total. The number of carbonyl (C=O) groups excluding carboxylic acids is 4. The molecule has 0 radical (unpaired) electrons. The second kappa shape index (κ2) is 15.6. The minimum absolute atomic E-state index is 0.0406. The lowest BCUT2D eigenvalue weighted by molar-refractivity contribution is -0.143. The number of carboxylic acids is 2. The number of fused-ring (bicyclic) bond motifs is 1. The summed E-state index contributed by atoms with van der Waals surface area (Å²) in [5.41, 5.74) is 22.5. The molecule has 0 aliphatic carbocycles. The highest BCUT2D eigenvalue weighted by Gasteiger charge is 2.32. The quantitative estimate of drug-likeness (QED) is 0.0503. The summed E-state index contributed by atoms with van der Waals surface area (Å²) in [5, 5.41) is 26.6. The molecule has 0 saturated carbocycles. The van der Waals surface area contributed by atoms with E-state index in [4.69, 9.17) is 22.9 Å². The molecular weight excluding hydrogens is 554 g/mol. The number of guanidine groups is 1. The Balaban J connectivity index is 2.31. The second-order valence-electron chi connectivity index (χ2n) is 9.41. The van der Waals surface area contributed by atoms with Crippen LogP contribution in [-0.4, -0.2) is 87.4 Å². The number of hydrogen-bond donors (Lipinski definition) is 10. The Bertz CT molecular complexity index is 1340. The summed E-state index contributed by atoms with van der Waals surface area (Å²) in [6.45, 7) is 0.117. The van der Waals surface area contributed by atoms with Crippen LogP contribution in [-0.2, 0) is 35.2 Å². The Hall–Kier alpha value is -5.19. The Kier molecular flexibility index (Phi) is 12.2. The van der Waals surface area contributed by atoms with Gasteiger partial charge in [0.2, 0.25) is 23.6 Å². The molecule has 0 saturated heterocycles. The van der Waals surface area contributed by atoms with E-state index in [-0.39, 0.29) is 31.8 Å². The highest BCUT2D eigenvalue weighted by molar-refractivity contribution is 5.97. The predicted octanol–water partition coefficient (Wildman–Crippen LogP) is -3.02. The highest BCUT2D eigenvalue weighted by Crippen LogP contribution is 2.19. The van der Waals surface area contributed by atoms with Crippen molar-refractivity contribution in [2.24, 2.45) is 27.9 Å². The van der Waals surface area contributed by atoms with Crippen molar-refractivity contribution in [1.82, 2.24) is 20.9 Å². The Morgan fingerprint density at radius 1 is 0.857 bits per heavy atom. The van der Waals surface area contributed by atoms with Gasteiger partial charge in [-0.1, -0.05) is 18.2 Å². The van der Waals surface area contributed by atoms with Gasteiger partial charge < -0.3 is 54.1 Å². The number of amides is 4. The number of nitrogens with zero attached hydrogens (tertiary/aromatic N) is 1. The van der Waals surface area contributed by atoms with E-state index in [1.807, 2.05) is 0 Å². The zero-order valence-corrected chi connectivity index (χ0v) is 22.5. The molecule has 1 aromatic carbocycles. The van der Waals surface area contributed by atoms with Crippen LogP contribution in [0.15, 0.2) is 35.5 Å². The number of carbonyl (C=O) groups is 6. The molecule has 2 aromatic rings. The van der Waals surface area contributed by atoms with Crippen molar-refractivity contribution < 1.29 is 39.0 Å². The fourth-order valence-electron chi connectivity index (χ4n) is 4.01. The van der Waals surface area contributed by atoms with Gasteiger partial charge in [-0.15, -0.1) is 0 Å². The number of H-pyrrole nitrogens is 1. The number of aliphatic imine (C=N–C) groups is 1. The molecule has 0 bridgehead atoms. The summed E-state index contributed by atoms with van der Waals surface area (Å²) in [6, 6.07) is 1.20. The third kappa shape index (κ3) is 10.4. The van der Waals surface area contributed by atoms with E-state index in [0.29, 0.717) is 5.56 Å². The summed E-state index contributed by atoms with van der Waals surface area (Å²) >= 11 is 0. The number of hydrogen-bond acceptors (Lipinski definition) is 8. The first kappa shape index (κ1) is 33.0. The topological polar surface area (TPSA) is 311 Å². The van der Waals surface area contributed by atoms with Crippen LogP contribution in [0.1, 0.15) is 31.2 Å². The maximum absolute atomic E-state index is 13.4. The van der Waals surface area contributed by atoms with E-state index >= 15 is 0 Å². The molecule has 42 heavy (non-hydrogen) atoms. The van der Waals surface area contributed by atoms with Crippen LogP contribution in [0.5, 0.6) is 0 Å². The standard InChI is InChI=1S/C25H35N9O8/c26-14(9-19(27)35)21(38)33-18(10-20(36)37)23(40)34-17(8-12-11-31-15-5-2-1-4-13(12)15)22(39)32-16(24(41)42)6-3-7-30-25(28)29/h1-2,4-5,11,14,16-18,31H,3,6-10,26H2,(H2,27,35)(H,32,39)(H,33,38)(H,34,40)(H,36,37)(H,41,42)(H4,28,29,30). The zero-order valence-electron chi connectivity index (χ0n) is 22.5. The SMILES string of the molecule is NC(=O)CC(N)C(=O)NC(CC(=O)O)C(=O)NC(Cc1c[nH]c2ccccc12)C(=O)NC(CCCN=C(N)N)C(=O)O. The van der Waals surface area contributed by atoms with E-state index in [1.165, 1.54) is 0 Å². The minimum atomic E-state index is -1.69. The molecule has 4 amide bonds. The fraction of sp³-hybridized carbons (Fsp3) is 0.400. The number of aromatic nitrogens is 1. The van der Waals surface area contributed by atoms with Gasteiger partial charge in [0.05, 0.1) is 18.9 Å². The van der Waals surface area contributed by atoms with Gasteiger partial charge in [0.25, 0.3) is 0 Å². The molecule has 4 atom stereocenters. The van der Waals surface area contributed by atoms with Crippen molar-refractivity contribution in [1.29, 1.82) is 0 Å². The van der Waals surface area contributed by atoms with Gasteiger partial charge in [-0.25, -0.2) is 4.79 Å². The molecule has 228 valence electrons. The van der Waals surface area contributed by atoms with Crippen molar-refractivity contribution in [3.8, 4) is 0 Å². The number of para-hydroxylation sites is 1. The molecule has 1 aromatic heterocycles. The summed E-state index contributed by atoms with van der Waals surface area (Å²) in [5.74, 6) is -6.82. The van der Waals surface area contributed by atoms with E-state index in [0.717, 1.165) is 10.9 Å². The van der Waals surface area contributed by atoms with Gasteiger partial charge in [-0.2, -0.15) is 0 Å². The highest BCUT2D eigenvalue weighted by atomic mass is 16.4. The number of nitrogens with two attached hydrogens (primary N) is 4. The minimum Gasteiger partial charge on any atom is -0.481 e. The first-order chi connectivity index (χ1) is 19.8. The Morgan fingerprint density at radius 2 is 1.48 bits per heavy atom. The van der Waals surface area contributed by atoms with Gasteiger partial charge in [0.15, 0.2) is 5.96 Å². The number of benzene rings is 1. The normalized spacial score (nSPS) is 13.6. The Labute approximate surface area is 239 Å². The van der Waals surface area contributed by atoms with Crippen LogP contribution in [0.25, 0.3) is 10.9 Å². The molecule has 0 fully saturated rings. The maximum atomic E-state index is 13.4. The van der Waals surface area contributed by atoms with Gasteiger partial charge >= 0.3 is 11.9 Å². The van der Waals surface area contributed by atoms with Crippen molar-refractivity contribution >= 4 is 52.4 Å². The van der Waals surface area contributed by atoms with Crippen molar-refractivity contribution in [3.63, 3.8) is 0 Å². The van der Waals surface area contributed by atoms with Crippen molar-refractivity contribution in [2.45, 2.75) is 56.3 Å². The molecule has 0 aliphatic heterocycles. The molecule has 0 aliphatic rings. The van der Waals surface area contributed by atoms with Gasteiger partial charge in [0, 0.05) is 30.1 Å². The van der Waals surface area contributed by atoms with Gasteiger partial charge in [-0.3, -0.25) is 29.0 Å². The molecule has 17 nitrogen and oxygen atoms in total. The van der Waals surface area contributed by atoms with Crippen molar-refractivity contribution in [2.75, 3.05) is 6.54 Å². The molecule has 0 spiro atoms. The molecule has 4 unspecified atom stereocenters. The summed E-state index contributed by atoms with van der Waals surface area (Å²) < 4.78 is 0. The van der Waals surface area contributed by atoms with Crippen LogP contribution >= 0.6 is 0 Å². The molecular formula is C25H35N9O8. The van der Waals surface area contributed by atoms with E-state index in [9.17, 15) is 39.0 Å². The fourth-order valence-corrected chi connectivity index (χ4v) is 4.01. The summed E-state index contributed by atoms with van der Waals surface area (Å²) in [7, 11) is 0. The van der Waals surface area contributed by atoms with Crippen LogP contribution in [0.3, 0.4) is 0 Å². The lowest BCUT2D eigenvalue weighted by Crippen LogP contribution is -2.58. The Morgan fingerprint density at radius 3 is 2.10 bits per heavy atom. The van der Waals surface area contributed by atoms with Gasteiger partial charge in [-0.05, 0) is 24.5 Å². The predicted molar refractivity (Wildman–Crippen MR) is 149 cm³/mol. The summed E-state index contributed by atoms with van der Waals surface area (Å²) in [6.07, 6.45) is 0.217. The number of nitrogens with one attached hydrogen (secondary N) is 4. The third-order valence-electron chi connectivity index (χ3n) is 6.06. The first-order valence-electron chi connectivity index (χ1n) is 12.8. The van der Waals surface area contributed by atoms with E-state index < -0.39 is 72.6 Å². The number of carboxylic acid groups (broad SMARTS) is 2. The second-order valence-corrected chi connectivity index (χ2v) is 9.41. The number of rotatable bonds is 17.